The standard InChI is InChI=1S/C17H17BrFNO3S/c1-22-13-5-6-16(23-2)15(8-13)20-17(21)10-24-9-11-3-4-12(18)7-14(11)19/h3-8H,9-10H2,1-2H3,(H,20,21). The molecular formula is C17H17BrFNO3S. The molecule has 0 fully saturated rings. The van der Waals surface area contributed by atoms with E-state index >= 15 is 0 Å². The Labute approximate surface area is 152 Å². The summed E-state index contributed by atoms with van der Waals surface area (Å²) >= 11 is 4.55. The minimum Gasteiger partial charge on any atom is -0.497 e. The van der Waals surface area contributed by atoms with Crippen LogP contribution in [0.15, 0.2) is 40.9 Å². The molecule has 0 heterocycles. The number of methoxy groups -OCH3 is 2. The molecule has 0 bridgehead atoms. The van der Waals surface area contributed by atoms with Gasteiger partial charge in [0.1, 0.15) is 17.3 Å². The molecular weight excluding hydrogens is 397 g/mol. The summed E-state index contributed by atoms with van der Waals surface area (Å²) in [5.41, 5.74) is 1.10. The normalized spacial score (nSPS) is 10.3. The summed E-state index contributed by atoms with van der Waals surface area (Å²) in [6.45, 7) is 0. The third kappa shape index (κ3) is 5.14. The first kappa shape index (κ1) is 18.6. The van der Waals surface area contributed by atoms with Gasteiger partial charge in [0.05, 0.1) is 25.7 Å². The monoisotopic (exact) mass is 413 g/mol. The Kier molecular flexibility index (Phi) is 6.93. The maximum absolute atomic E-state index is 13.7. The summed E-state index contributed by atoms with van der Waals surface area (Å²) in [6.07, 6.45) is 0. The van der Waals surface area contributed by atoms with Gasteiger partial charge < -0.3 is 14.8 Å². The average molecular weight is 414 g/mol. The van der Waals surface area contributed by atoms with Crippen LogP contribution in [0.2, 0.25) is 0 Å². The molecule has 0 aliphatic carbocycles. The van der Waals surface area contributed by atoms with Crippen LogP contribution >= 0.6 is 27.7 Å². The number of hydrogen-bond acceptors (Lipinski definition) is 4. The molecule has 0 spiro atoms. The number of amides is 1. The van der Waals surface area contributed by atoms with Gasteiger partial charge in [-0.15, -0.1) is 11.8 Å². The van der Waals surface area contributed by atoms with E-state index in [1.807, 2.05) is 0 Å². The fourth-order valence-corrected chi connectivity index (χ4v) is 3.14. The molecule has 2 aromatic carbocycles. The van der Waals surface area contributed by atoms with Gasteiger partial charge in [-0.05, 0) is 29.8 Å². The molecule has 4 nitrogen and oxygen atoms in total. The van der Waals surface area contributed by atoms with Gasteiger partial charge in [0, 0.05) is 16.3 Å². The van der Waals surface area contributed by atoms with Crippen LogP contribution in [0.3, 0.4) is 0 Å². The van der Waals surface area contributed by atoms with E-state index in [2.05, 4.69) is 21.2 Å². The van der Waals surface area contributed by atoms with E-state index in [9.17, 15) is 9.18 Å². The van der Waals surface area contributed by atoms with Crippen molar-refractivity contribution in [3.63, 3.8) is 0 Å². The third-order valence-electron chi connectivity index (χ3n) is 3.19. The minimum atomic E-state index is -0.285. The van der Waals surface area contributed by atoms with Crippen LogP contribution in [-0.2, 0) is 10.5 Å². The van der Waals surface area contributed by atoms with Crippen LogP contribution in [0.25, 0.3) is 0 Å². The lowest BCUT2D eigenvalue weighted by Crippen LogP contribution is -2.15. The molecule has 128 valence electrons. The molecule has 0 unspecified atom stereocenters. The molecule has 2 aromatic rings. The largest absolute Gasteiger partial charge is 0.497 e. The number of nitrogens with one attached hydrogen (secondary N) is 1. The Morgan fingerprint density at radius 1 is 1.21 bits per heavy atom. The zero-order valence-corrected chi connectivity index (χ0v) is 15.7. The number of halogens is 2. The van der Waals surface area contributed by atoms with Crippen molar-refractivity contribution in [2.45, 2.75) is 5.75 Å². The number of anilines is 1. The van der Waals surface area contributed by atoms with Crippen LogP contribution < -0.4 is 14.8 Å². The van der Waals surface area contributed by atoms with Gasteiger partial charge in [0.25, 0.3) is 0 Å². The maximum Gasteiger partial charge on any atom is 0.234 e. The van der Waals surface area contributed by atoms with Gasteiger partial charge in [0.15, 0.2) is 0 Å². The van der Waals surface area contributed by atoms with E-state index in [4.69, 9.17) is 9.47 Å². The Bertz CT molecular complexity index is 727. The van der Waals surface area contributed by atoms with Gasteiger partial charge in [-0.1, -0.05) is 22.0 Å². The highest BCUT2D eigenvalue weighted by Crippen LogP contribution is 2.29. The van der Waals surface area contributed by atoms with Crippen molar-refractivity contribution in [2.24, 2.45) is 0 Å². The van der Waals surface area contributed by atoms with E-state index in [-0.39, 0.29) is 17.5 Å². The number of hydrogen-bond donors (Lipinski definition) is 1. The number of benzene rings is 2. The molecule has 0 aromatic heterocycles. The van der Waals surface area contributed by atoms with Crippen molar-refractivity contribution in [3.8, 4) is 11.5 Å². The first-order chi connectivity index (χ1) is 11.5. The lowest BCUT2D eigenvalue weighted by atomic mass is 10.2. The molecule has 0 radical (unpaired) electrons. The summed E-state index contributed by atoms with van der Waals surface area (Å²) < 4.78 is 24.8. The van der Waals surface area contributed by atoms with Gasteiger partial charge in [0.2, 0.25) is 5.91 Å². The van der Waals surface area contributed by atoms with E-state index < -0.39 is 0 Å². The van der Waals surface area contributed by atoms with Crippen molar-refractivity contribution >= 4 is 39.3 Å². The molecule has 24 heavy (non-hydrogen) atoms. The fraction of sp³-hybridized carbons (Fsp3) is 0.235. The molecule has 1 N–H and O–H groups in total. The number of carbonyl (C=O) groups excluding carboxylic acids is 1. The predicted molar refractivity (Wildman–Crippen MR) is 98.4 cm³/mol. The fourth-order valence-electron chi connectivity index (χ4n) is 1.99. The first-order valence-corrected chi connectivity index (χ1v) is 9.02. The van der Waals surface area contributed by atoms with Gasteiger partial charge >= 0.3 is 0 Å². The molecule has 1 amide bonds. The van der Waals surface area contributed by atoms with Crippen LogP contribution in [-0.4, -0.2) is 25.9 Å². The molecule has 0 aliphatic rings. The molecule has 0 aliphatic heterocycles. The number of ether oxygens (including phenoxy) is 2. The van der Waals surface area contributed by atoms with Crippen molar-refractivity contribution in [2.75, 3.05) is 25.3 Å². The van der Waals surface area contributed by atoms with Crippen molar-refractivity contribution in [1.82, 2.24) is 0 Å². The van der Waals surface area contributed by atoms with Crippen LogP contribution in [0.1, 0.15) is 5.56 Å². The third-order valence-corrected chi connectivity index (χ3v) is 4.66. The van der Waals surface area contributed by atoms with E-state index in [0.29, 0.717) is 33.0 Å². The topological polar surface area (TPSA) is 47.6 Å². The van der Waals surface area contributed by atoms with Crippen molar-refractivity contribution in [1.29, 1.82) is 0 Å². The SMILES string of the molecule is COc1ccc(OC)c(NC(=O)CSCc2ccc(Br)cc2F)c1. The van der Waals surface area contributed by atoms with Crippen molar-refractivity contribution in [3.05, 3.63) is 52.3 Å². The molecule has 0 saturated heterocycles. The quantitative estimate of drug-likeness (QED) is 0.726. The van der Waals surface area contributed by atoms with Gasteiger partial charge in [-0.3, -0.25) is 4.79 Å². The van der Waals surface area contributed by atoms with E-state index in [1.165, 1.54) is 24.9 Å². The van der Waals surface area contributed by atoms with Gasteiger partial charge in [-0.2, -0.15) is 0 Å². The smallest absolute Gasteiger partial charge is 0.234 e. The molecule has 7 heteroatoms. The second-order valence-corrected chi connectivity index (χ2v) is 6.74. The summed E-state index contributed by atoms with van der Waals surface area (Å²) in [5.74, 6) is 1.32. The van der Waals surface area contributed by atoms with Crippen molar-refractivity contribution < 1.29 is 18.7 Å². The van der Waals surface area contributed by atoms with Crippen LogP contribution in [0.4, 0.5) is 10.1 Å². The molecule has 2 rings (SSSR count). The zero-order chi connectivity index (χ0) is 17.5. The Balaban J connectivity index is 1.91. The molecule has 0 atom stereocenters. The number of carbonyl (C=O) groups is 1. The van der Waals surface area contributed by atoms with Crippen LogP contribution in [0.5, 0.6) is 11.5 Å². The highest BCUT2D eigenvalue weighted by atomic mass is 79.9. The minimum absolute atomic E-state index is 0.191. The first-order valence-electron chi connectivity index (χ1n) is 7.07. The average Bonchev–Trinajstić information content (AvgIpc) is 2.56. The zero-order valence-electron chi connectivity index (χ0n) is 13.3. The van der Waals surface area contributed by atoms with E-state index in [1.54, 1.807) is 37.4 Å². The number of rotatable bonds is 7. The van der Waals surface area contributed by atoms with Crippen LogP contribution in [0, 0.1) is 5.82 Å². The number of thioether (sulfide) groups is 1. The molecule has 0 saturated carbocycles. The highest BCUT2D eigenvalue weighted by Gasteiger charge is 2.10. The predicted octanol–water partition coefficient (Wildman–Crippen LogP) is 4.48. The second-order valence-electron chi connectivity index (χ2n) is 4.84. The lowest BCUT2D eigenvalue weighted by molar-refractivity contribution is -0.113. The summed E-state index contributed by atoms with van der Waals surface area (Å²) in [7, 11) is 3.08. The summed E-state index contributed by atoms with van der Waals surface area (Å²) in [6, 6.07) is 10.1. The Morgan fingerprint density at radius 3 is 2.67 bits per heavy atom. The Hall–Kier alpha value is -1.73. The highest BCUT2D eigenvalue weighted by molar-refractivity contribution is 9.10. The second kappa shape index (κ2) is 8.94. The van der Waals surface area contributed by atoms with E-state index in [0.717, 1.165) is 0 Å². The summed E-state index contributed by atoms with van der Waals surface area (Å²) in [5, 5.41) is 2.78. The maximum atomic E-state index is 13.7. The lowest BCUT2D eigenvalue weighted by Gasteiger charge is -2.11. The Morgan fingerprint density at radius 2 is 2.00 bits per heavy atom. The van der Waals surface area contributed by atoms with Gasteiger partial charge in [-0.25, -0.2) is 4.39 Å². The summed E-state index contributed by atoms with van der Waals surface area (Å²) in [4.78, 5) is 12.1.